The van der Waals surface area contributed by atoms with Gasteiger partial charge in [-0.05, 0) is 44.7 Å². The molecule has 4 heterocycles. The number of carbonyl (C=O) groups is 2. The van der Waals surface area contributed by atoms with Crippen molar-refractivity contribution >= 4 is 35.1 Å². The fraction of sp³-hybridized carbons (Fsp3) is 0.406. The SMILES string of the molecule is CNC(=O)c1ccc(Cl)cc1.COc1cc(N2C(=O)CC(c3c(F)cc(OC)cc3F)C2C)nc(N2C[C@@H]3C[C@H]2CN3C)c1. The van der Waals surface area contributed by atoms with E-state index in [0.717, 1.165) is 37.5 Å². The largest absolute Gasteiger partial charge is 0.497 e. The maximum Gasteiger partial charge on any atom is 0.251 e. The minimum absolute atomic E-state index is 0.00519. The summed E-state index contributed by atoms with van der Waals surface area (Å²) < 4.78 is 40.0. The lowest BCUT2D eigenvalue weighted by atomic mass is 9.91. The first-order valence-corrected chi connectivity index (χ1v) is 14.8. The Hall–Kier alpha value is -3.96. The first-order valence-electron chi connectivity index (χ1n) is 14.4. The van der Waals surface area contributed by atoms with Gasteiger partial charge in [0.15, 0.2) is 0 Å². The Kier molecular flexibility index (Phi) is 9.26. The van der Waals surface area contributed by atoms with E-state index in [9.17, 15) is 18.4 Å². The molecule has 3 aliphatic heterocycles. The number of halogens is 3. The summed E-state index contributed by atoms with van der Waals surface area (Å²) in [6.07, 6.45) is 1.08. The molecule has 9 nitrogen and oxygen atoms in total. The van der Waals surface area contributed by atoms with Crippen LogP contribution in [0, 0.1) is 11.6 Å². The summed E-state index contributed by atoms with van der Waals surface area (Å²) >= 11 is 5.63. The standard InChI is InChI=1S/C24H28F2N4O3.C8H8ClNO/c1-13-18(24-19(25)6-16(32-3)7-20(24)26)10-23(31)30(13)22-9-17(33-4)8-21(27-22)29-12-14-5-15(29)11-28(14)2;1-10-8(11)6-2-4-7(9)5-3-6/h6-9,13-15,18H,5,10-12H2,1-4H3;2-5H,1H3,(H,10,11)/t13?,14-,15-,18?;/m0./s1. The van der Waals surface area contributed by atoms with Crippen molar-refractivity contribution in [1.29, 1.82) is 0 Å². The average molecular weight is 628 g/mol. The first-order chi connectivity index (χ1) is 21.0. The average Bonchev–Trinajstić information content (AvgIpc) is 3.68. The van der Waals surface area contributed by atoms with Gasteiger partial charge in [0.05, 0.1) is 14.2 Å². The fourth-order valence-corrected chi connectivity index (χ4v) is 6.46. The molecule has 12 heteroatoms. The van der Waals surface area contributed by atoms with Crippen LogP contribution in [0.4, 0.5) is 20.4 Å². The molecule has 2 amide bonds. The molecule has 1 N–H and O–H groups in total. The van der Waals surface area contributed by atoms with Crippen LogP contribution >= 0.6 is 11.6 Å². The van der Waals surface area contributed by atoms with E-state index in [1.807, 2.05) is 6.07 Å². The molecule has 0 radical (unpaired) electrons. The number of nitrogens with one attached hydrogen (secondary N) is 1. The Morgan fingerprint density at radius 3 is 2.14 bits per heavy atom. The Morgan fingerprint density at radius 2 is 1.59 bits per heavy atom. The van der Waals surface area contributed by atoms with E-state index < -0.39 is 23.6 Å². The number of benzene rings is 2. The van der Waals surface area contributed by atoms with E-state index in [1.165, 1.54) is 7.11 Å². The highest BCUT2D eigenvalue weighted by Crippen LogP contribution is 2.42. The topological polar surface area (TPSA) is 87.2 Å². The smallest absolute Gasteiger partial charge is 0.251 e. The minimum atomic E-state index is -0.713. The fourth-order valence-electron chi connectivity index (χ4n) is 6.34. The number of likely N-dealkylation sites (tertiary alicyclic amines) is 1. The lowest BCUT2D eigenvalue weighted by molar-refractivity contribution is -0.117. The predicted octanol–water partition coefficient (Wildman–Crippen LogP) is 4.88. The van der Waals surface area contributed by atoms with E-state index in [1.54, 1.807) is 56.3 Å². The summed E-state index contributed by atoms with van der Waals surface area (Å²) in [5.41, 5.74) is 0.527. The summed E-state index contributed by atoms with van der Waals surface area (Å²) in [4.78, 5) is 35.0. The number of amides is 2. The van der Waals surface area contributed by atoms with Crippen LogP contribution < -0.4 is 24.6 Å². The molecule has 0 aliphatic carbocycles. The first kappa shape index (κ1) is 31.5. The van der Waals surface area contributed by atoms with E-state index in [4.69, 9.17) is 26.1 Å². The van der Waals surface area contributed by atoms with Gasteiger partial charge in [0.2, 0.25) is 5.91 Å². The van der Waals surface area contributed by atoms with Crippen LogP contribution in [0.15, 0.2) is 48.5 Å². The van der Waals surface area contributed by atoms with Gasteiger partial charge in [-0.25, -0.2) is 13.8 Å². The van der Waals surface area contributed by atoms with Gasteiger partial charge in [0.25, 0.3) is 5.91 Å². The maximum absolute atomic E-state index is 14.8. The monoisotopic (exact) mass is 627 g/mol. The molecule has 2 bridgehead atoms. The van der Waals surface area contributed by atoms with Crippen molar-refractivity contribution in [3.8, 4) is 11.5 Å². The summed E-state index contributed by atoms with van der Waals surface area (Å²) in [5, 5.41) is 3.16. The molecule has 2 unspecified atom stereocenters. The molecule has 3 aromatic rings. The van der Waals surface area contributed by atoms with Crippen molar-refractivity contribution in [1.82, 2.24) is 15.2 Å². The number of hydrogen-bond acceptors (Lipinski definition) is 7. The zero-order valence-electron chi connectivity index (χ0n) is 25.3. The van der Waals surface area contributed by atoms with Gasteiger partial charge in [-0.2, -0.15) is 0 Å². The number of methoxy groups -OCH3 is 2. The minimum Gasteiger partial charge on any atom is -0.497 e. The van der Waals surface area contributed by atoms with Crippen LogP contribution in [-0.4, -0.2) is 81.2 Å². The number of nitrogens with zero attached hydrogens (tertiary/aromatic N) is 4. The number of carbonyl (C=O) groups excluding carboxylic acids is 2. The highest BCUT2D eigenvalue weighted by molar-refractivity contribution is 6.30. The van der Waals surface area contributed by atoms with Crippen LogP contribution in [0.3, 0.4) is 0 Å². The second-order valence-corrected chi connectivity index (χ2v) is 11.7. The zero-order chi connectivity index (χ0) is 31.7. The molecular formula is C32H36ClF2N5O4. The number of pyridine rings is 1. The van der Waals surface area contributed by atoms with Crippen LogP contribution in [0.5, 0.6) is 11.5 Å². The number of hydrogen-bond donors (Lipinski definition) is 1. The molecular weight excluding hydrogens is 592 g/mol. The van der Waals surface area contributed by atoms with Crippen molar-refractivity contribution in [2.45, 2.75) is 43.8 Å². The summed E-state index contributed by atoms with van der Waals surface area (Å²) in [6, 6.07) is 13.0. The molecule has 2 aromatic carbocycles. The molecule has 44 heavy (non-hydrogen) atoms. The lowest BCUT2D eigenvalue weighted by Crippen LogP contribution is -2.45. The molecule has 3 saturated heterocycles. The van der Waals surface area contributed by atoms with E-state index in [-0.39, 0.29) is 29.5 Å². The Labute approximate surface area is 260 Å². The van der Waals surface area contributed by atoms with Crippen LogP contribution in [-0.2, 0) is 4.79 Å². The number of piperazine rings is 1. The summed E-state index contributed by atoms with van der Waals surface area (Å²) in [6.45, 7) is 3.64. The normalized spacial score (nSPS) is 22.6. The third-order valence-electron chi connectivity index (χ3n) is 8.71. The summed E-state index contributed by atoms with van der Waals surface area (Å²) in [7, 11) is 6.66. The molecule has 6 rings (SSSR count). The lowest BCUT2D eigenvalue weighted by Gasteiger charge is -2.33. The second kappa shape index (κ2) is 13.0. The highest BCUT2D eigenvalue weighted by Gasteiger charge is 2.44. The van der Waals surface area contributed by atoms with Gasteiger partial charge in [-0.1, -0.05) is 11.6 Å². The Balaban J connectivity index is 0.000000296. The number of likely N-dealkylation sites (N-methyl/N-ethyl adjacent to an activating group) is 1. The van der Waals surface area contributed by atoms with Crippen molar-refractivity contribution in [3.63, 3.8) is 0 Å². The van der Waals surface area contributed by atoms with Crippen LogP contribution in [0.2, 0.25) is 5.02 Å². The third-order valence-corrected chi connectivity index (χ3v) is 8.96. The second-order valence-electron chi connectivity index (χ2n) is 11.3. The quantitative estimate of drug-likeness (QED) is 0.417. The molecule has 0 saturated carbocycles. The van der Waals surface area contributed by atoms with Crippen molar-refractivity contribution in [2.75, 3.05) is 51.2 Å². The van der Waals surface area contributed by atoms with E-state index in [2.05, 4.69) is 22.2 Å². The van der Waals surface area contributed by atoms with Crippen LogP contribution in [0.25, 0.3) is 0 Å². The number of rotatable bonds is 6. The van der Waals surface area contributed by atoms with E-state index in [0.29, 0.717) is 34.2 Å². The van der Waals surface area contributed by atoms with Gasteiger partial charge < -0.3 is 19.7 Å². The molecule has 4 atom stereocenters. The van der Waals surface area contributed by atoms with Crippen molar-refractivity contribution in [3.05, 3.63) is 76.3 Å². The van der Waals surface area contributed by atoms with Gasteiger partial charge >= 0.3 is 0 Å². The van der Waals surface area contributed by atoms with Gasteiger partial charge in [-0.15, -0.1) is 0 Å². The van der Waals surface area contributed by atoms with Gasteiger partial charge in [0.1, 0.15) is 34.8 Å². The number of aromatic nitrogens is 1. The Bertz CT molecular complexity index is 1520. The van der Waals surface area contributed by atoms with Gasteiger partial charge in [0, 0.05) is 91.0 Å². The zero-order valence-corrected chi connectivity index (χ0v) is 26.1. The molecule has 3 aliphatic rings. The predicted molar refractivity (Wildman–Crippen MR) is 165 cm³/mol. The molecule has 234 valence electrons. The molecule has 0 spiro atoms. The number of fused-ring (bicyclic) bond motifs is 2. The van der Waals surface area contributed by atoms with Crippen LogP contribution in [0.1, 0.15) is 41.6 Å². The Morgan fingerprint density at radius 1 is 0.977 bits per heavy atom. The van der Waals surface area contributed by atoms with Gasteiger partial charge in [-0.3, -0.25) is 19.4 Å². The highest BCUT2D eigenvalue weighted by atomic mass is 35.5. The molecule has 1 aromatic heterocycles. The number of anilines is 2. The van der Waals surface area contributed by atoms with Crippen molar-refractivity contribution in [2.24, 2.45) is 0 Å². The summed E-state index contributed by atoms with van der Waals surface area (Å²) in [5.74, 6) is -0.493. The third kappa shape index (κ3) is 6.16. The molecule has 3 fully saturated rings. The number of ether oxygens (including phenoxy) is 2. The van der Waals surface area contributed by atoms with Crippen molar-refractivity contribution < 1.29 is 27.8 Å². The van der Waals surface area contributed by atoms with E-state index >= 15 is 0 Å². The maximum atomic E-state index is 14.8.